The molecule has 1 amide bonds. The van der Waals surface area contributed by atoms with E-state index in [1.165, 1.54) is 56.4 Å². The highest BCUT2D eigenvalue weighted by Crippen LogP contribution is 2.48. The molecule has 1 aromatic carbocycles. The van der Waals surface area contributed by atoms with E-state index in [1.54, 1.807) is 0 Å². The van der Waals surface area contributed by atoms with E-state index in [4.69, 9.17) is 4.74 Å². The second-order valence-corrected chi connectivity index (χ2v) is 11.4. The Morgan fingerprint density at radius 2 is 1.84 bits per heavy atom. The SMILES string of the molecule is CC(C)(C)CCN1CCC2(CC[C@H](NC(=O)CC3CCOCC3)c3ccccc32)CC1.[HH]. The molecule has 1 spiro atoms. The molecule has 174 valence electrons. The summed E-state index contributed by atoms with van der Waals surface area (Å²) in [6.07, 6.45) is 8.70. The zero-order valence-electron chi connectivity index (χ0n) is 19.9. The van der Waals surface area contributed by atoms with E-state index < -0.39 is 0 Å². The number of ether oxygens (including phenoxy) is 1. The van der Waals surface area contributed by atoms with E-state index >= 15 is 0 Å². The largest absolute Gasteiger partial charge is 0.381 e. The highest BCUT2D eigenvalue weighted by molar-refractivity contribution is 5.77. The molecule has 0 radical (unpaired) electrons. The van der Waals surface area contributed by atoms with Crippen LogP contribution < -0.4 is 5.32 Å². The number of rotatable bonds is 5. The lowest BCUT2D eigenvalue weighted by Gasteiger charge is -2.47. The Hall–Kier alpha value is -1.39. The molecule has 0 aromatic heterocycles. The van der Waals surface area contributed by atoms with Gasteiger partial charge >= 0.3 is 0 Å². The lowest BCUT2D eigenvalue weighted by atomic mass is 9.63. The van der Waals surface area contributed by atoms with Crippen molar-refractivity contribution < 1.29 is 11.0 Å². The topological polar surface area (TPSA) is 41.6 Å². The van der Waals surface area contributed by atoms with Crippen LogP contribution in [0.15, 0.2) is 24.3 Å². The Morgan fingerprint density at radius 3 is 2.55 bits per heavy atom. The molecule has 2 fully saturated rings. The van der Waals surface area contributed by atoms with Crippen LogP contribution in [0.25, 0.3) is 0 Å². The first kappa shape index (κ1) is 22.8. The zero-order valence-corrected chi connectivity index (χ0v) is 19.9. The van der Waals surface area contributed by atoms with Crippen LogP contribution in [-0.4, -0.2) is 43.7 Å². The maximum atomic E-state index is 12.8. The Kier molecular flexibility index (Phi) is 7.07. The monoisotopic (exact) mass is 428 g/mol. The highest BCUT2D eigenvalue weighted by atomic mass is 16.5. The zero-order chi connectivity index (χ0) is 21.9. The van der Waals surface area contributed by atoms with Crippen LogP contribution in [0.1, 0.15) is 90.7 Å². The van der Waals surface area contributed by atoms with Crippen LogP contribution in [0.5, 0.6) is 0 Å². The standard InChI is InChI=1S/C27H42N2O2.H2/c1-26(2,3)12-15-29-16-13-27(14-17-29)11-8-24(22-6-4-5-7-23(22)27)28-25(30)20-21-9-18-31-19-10-21;/h4-7,21,24H,8-20H2,1-3H3,(H,28,30);1H/t24-;/m0./s1. The summed E-state index contributed by atoms with van der Waals surface area (Å²) in [4.78, 5) is 15.5. The molecular weight excluding hydrogens is 384 g/mol. The molecule has 1 atom stereocenters. The van der Waals surface area contributed by atoms with Gasteiger partial charge in [0.05, 0.1) is 6.04 Å². The van der Waals surface area contributed by atoms with Gasteiger partial charge in [0.1, 0.15) is 0 Å². The summed E-state index contributed by atoms with van der Waals surface area (Å²) in [5.74, 6) is 0.705. The van der Waals surface area contributed by atoms with E-state index in [1.807, 2.05) is 0 Å². The maximum Gasteiger partial charge on any atom is 0.220 e. The summed E-state index contributed by atoms with van der Waals surface area (Å²) in [6.45, 7) is 12.2. The first-order valence-corrected chi connectivity index (χ1v) is 12.5. The molecule has 2 saturated heterocycles. The minimum Gasteiger partial charge on any atom is -0.381 e. The quantitative estimate of drug-likeness (QED) is 0.676. The van der Waals surface area contributed by atoms with Crippen molar-refractivity contribution in [3.63, 3.8) is 0 Å². The normalized spacial score (nSPS) is 24.7. The van der Waals surface area contributed by atoms with Gasteiger partial charge in [-0.05, 0) is 92.5 Å². The van der Waals surface area contributed by atoms with Gasteiger partial charge < -0.3 is 15.0 Å². The third kappa shape index (κ3) is 5.70. The van der Waals surface area contributed by atoms with Gasteiger partial charge in [-0.25, -0.2) is 0 Å². The molecule has 3 aliphatic rings. The Bertz CT molecular complexity index is 746. The molecular formula is C27H44N2O2. The predicted octanol–water partition coefficient (Wildman–Crippen LogP) is 5.47. The van der Waals surface area contributed by atoms with Crippen LogP contribution in [-0.2, 0) is 14.9 Å². The first-order chi connectivity index (χ1) is 14.8. The number of carbonyl (C=O) groups is 1. The molecule has 1 aliphatic carbocycles. The van der Waals surface area contributed by atoms with Crippen LogP contribution in [0, 0.1) is 11.3 Å². The number of hydrogen-bond acceptors (Lipinski definition) is 3. The van der Waals surface area contributed by atoms with Gasteiger partial charge in [-0.15, -0.1) is 0 Å². The molecule has 31 heavy (non-hydrogen) atoms. The second kappa shape index (κ2) is 9.62. The number of nitrogens with zero attached hydrogens (tertiary/aromatic N) is 1. The minimum absolute atomic E-state index is 0. The van der Waals surface area contributed by atoms with E-state index in [-0.39, 0.29) is 13.4 Å². The molecule has 1 aromatic rings. The molecule has 1 N–H and O–H groups in total. The molecule has 2 heterocycles. The molecule has 4 heteroatoms. The molecule has 0 bridgehead atoms. The Labute approximate surface area is 190 Å². The summed E-state index contributed by atoms with van der Waals surface area (Å²) < 4.78 is 5.45. The Morgan fingerprint density at radius 1 is 1.13 bits per heavy atom. The van der Waals surface area contributed by atoms with Crippen molar-refractivity contribution in [2.24, 2.45) is 11.3 Å². The van der Waals surface area contributed by atoms with Crippen LogP contribution in [0.3, 0.4) is 0 Å². The van der Waals surface area contributed by atoms with Crippen LogP contribution in [0.4, 0.5) is 0 Å². The number of amides is 1. The van der Waals surface area contributed by atoms with Gasteiger partial charge in [-0.1, -0.05) is 45.0 Å². The van der Waals surface area contributed by atoms with E-state index in [0.717, 1.165) is 32.5 Å². The maximum absolute atomic E-state index is 12.8. The number of piperidine rings is 1. The van der Waals surface area contributed by atoms with E-state index in [9.17, 15) is 4.79 Å². The third-order valence-corrected chi connectivity index (χ3v) is 7.96. The summed E-state index contributed by atoms with van der Waals surface area (Å²) in [5, 5.41) is 3.40. The smallest absolute Gasteiger partial charge is 0.220 e. The molecule has 4 nitrogen and oxygen atoms in total. The van der Waals surface area contributed by atoms with Gasteiger partial charge in [0.25, 0.3) is 0 Å². The summed E-state index contributed by atoms with van der Waals surface area (Å²) in [5.41, 5.74) is 3.59. The number of fused-ring (bicyclic) bond motifs is 2. The molecule has 0 saturated carbocycles. The number of benzene rings is 1. The lowest BCUT2D eigenvalue weighted by Crippen LogP contribution is -2.46. The van der Waals surface area contributed by atoms with Crippen LogP contribution >= 0.6 is 0 Å². The predicted molar refractivity (Wildman–Crippen MR) is 128 cm³/mol. The van der Waals surface area contributed by atoms with Crippen molar-refractivity contribution in [1.82, 2.24) is 10.2 Å². The van der Waals surface area contributed by atoms with Crippen molar-refractivity contribution >= 4 is 5.91 Å². The number of likely N-dealkylation sites (tertiary alicyclic amines) is 1. The summed E-state index contributed by atoms with van der Waals surface area (Å²) in [6, 6.07) is 9.12. The van der Waals surface area contributed by atoms with Crippen LogP contribution in [0.2, 0.25) is 0 Å². The first-order valence-electron chi connectivity index (χ1n) is 12.5. The molecule has 4 rings (SSSR count). The average molecular weight is 429 g/mol. The summed E-state index contributed by atoms with van der Waals surface area (Å²) in [7, 11) is 0. The molecule has 2 aliphatic heterocycles. The van der Waals surface area contributed by atoms with Crippen molar-refractivity contribution in [3.05, 3.63) is 35.4 Å². The van der Waals surface area contributed by atoms with Gasteiger partial charge in [0.15, 0.2) is 0 Å². The summed E-state index contributed by atoms with van der Waals surface area (Å²) >= 11 is 0. The van der Waals surface area contributed by atoms with E-state index in [2.05, 4.69) is 55.3 Å². The lowest BCUT2D eigenvalue weighted by molar-refractivity contribution is -0.123. The number of nitrogens with one attached hydrogen (secondary N) is 1. The van der Waals surface area contributed by atoms with Crippen molar-refractivity contribution in [1.29, 1.82) is 0 Å². The highest BCUT2D eigenvalue weighted by Gasteiger charge is 2.42. The van der Waals surface area contributed by atoms with Gasteiger partial charge in [-0.2, -0.15) is 0 Å². The second-order valence-electron chi connectivity index (χ2n) is 11.4. The number of carbonyl (C=O) groups excluding carboxylic acids is 1. The van der Waals surface area contributed by atoms with Gasteiger partial charge in [0.2, 0.25) is 5.91 Å². The van der Waals surface area contributed by atoms with Crippen molar-refractivity contribution in [3.8, 4) is 0 Å². The Balaban J connectivity index is 0.00000289. The van der Waals surface area contributed by atoms with Crippen molar-refractivity contribution in [2.45, 2.75) is 83.6 Å². The average Bonchev–Trinajstić information content (AvgIpc) is 2.76. The van der Waals surface area contributed by atoms with Gasteiger partial charge in [-0.3, -0.25) is 4.79 Å². The van der Waals surface area contributed by atoms with E-state index in [0.29, 0.717) is 23.2 Å². The fourth-order valence-electron chi connectivity index (χ4n) is 5.83. The molecule has 0 unspecified atom stereocenters. The minimum atomic E-state index is 0. The third-order valence-electron chi connectivity index (χ3n) is 7.96. The number of hydrogen-bond donors (Lipinski definition) is 1. The van der Waals surface area contributed by atoms with Gasteiger partial charge in [0, 0.05) is 21.1 Å². The fourth-order valence-corrected chi connectivity index (χ4v) is 5.83. The van der Waals surface area contributed by atoms with Crippen molar-refractivity contribution in [2.75, 3.05) is 32.8 Å². The fraction of sp³-hybridized carbons (Fsp3) is 0.741.